The number of carbonyl (C=O) groups is 1. The number of aromatic nitrogens is 5. The van der Waals surface area contributed by atoms with Gasteiger partial charge >= 0.3 is 0 Å². The van der Waals surface area contributed by atoms with Crippen LogP contribution in [0.25, 0.3) is 0 Å². The molecule has 1 amide bonds. The first kappa shape index (κ1) is 15.8. The molecule has 0 spiro atoms. The van der Waals surface area contributed by atoms with Crippen molar-refractivity contribution in [3.05, 3.63) is 22.7 Å². The first-order chi connectivity index (χ1) is 10.0. The van der Waals surface area contributed by atoms with E-state index in [1.165, 1.54) is 11.8 Å². The summed E-state index contributed by atoms with van der Waals surface area (Å²) in [6.45, 7) is 5.00. The number of hydrogen-bond acceptors (Lipinski definition) is 6. The zero-order valence-electron chi connectivity index (χ0n) is 11.7. The molecule has 2 aromatic heterocycles. The zero-order valence-corrected chi connectivity index (χ0v) is 13.3. The maximum absolute atomic E-state index is 11.2. The summed E-state index contributed by atoms with van der Waals surface area (Å²) >= 11 is 7.27. The Kier molecular flexibility index (Phi) is 5.21. The van der Waals surface area contributed by atoms with Gasteiger partial charge < -0.3 is 4.57 Å². The van der Waals surface area contributed by atoms with Crippen LogP contribution in [0.1, 0.15) is 18.4 Å². The summed E-state index contributed by atoms with van der Waals surface area (Å²) < 4.78 is 3.65. The van der Waals surface area contributed by atoms with Crippen LogP contribution in [0.2, 0.25) is 5.02 Å². The molecule has 0 saturated heterocycles. The van der Waals surface area contributed by atoms with E-state index in [1.54, 1.807) is 10.9 Å². The lowest BCUT2D eigenvalue weighted by Gasteiger charge is -2.07. The fraction of sp³-hybridized carbons (Fsp3) is 0.455. The minimum absolute atomic E-state index is 0.196. The van der Waals surface area contributed by atoms with Crippen LogP contribution in [0, 0.1) is 6.92 Å². The predicted octanol–water partition coefficient (Wildman–Crippen LogP) is 0.587. The Balaban J connectivity index is 2.13. The lowest BCUT2D eigenvalue weighted by Crippen LogP contribution is -2.31. The molecule has 21 heavy (non-hydrogen) atoms. The van der Waals surface area contributed by atoms with Crippen molar-refractivity contribution in [2.75, 3.05) is 5.75 Å². The third kappa shape index (κ3) is 3.74. The molecule has 0 fully saturated rings. The van der Waals surface area contributed by atoms with E-state index in [4.69, 9.17) is 17.4 Å². The van der Waals surface area contributed by atoms with E-state index in [1.807, 2.05) is 18.4 Å². The van der Waals surface area contributed by atoms with Gasteiger partial charge in [-0.15, -0.1) is 10.2 Å². The van der Waals surface area contributed by atoms with Crippen molar-refractivity contribution in [2.45, 2.75) is 32.1 Å². The van der Waals surface area contributed by atoms with Crippen molar-refractivity contribution in [1.29, 1.82) is 0 Å². The Bertz CT molecular complexity index is 619. The van der Waals surface area contributed by atoms with E-state index in [0.717, 1.165) is 11.5 Å². The number of hydrazine groups is 1. The van der Waals surface area contributed by atoms with Crippen molar-refractivity contribution in [1.82, 2.24) is 30.0 Å². The highest BCUT2D eigenvalue weighted by Crippen LogP contribution is 2.18. The largest absolute Gasteiger partial charge is 0.305 e. The number of aryl methyl sites for hydroxylation is 1. The quantitative estimate of drug-likeness (QED) is 0.348. The molecule has 0 unspecified atom stereocenters. The number of nitrogens with one attached hydrogen (secondary N) is 1. The van der Waals surface area contributed by atoms with Gasteiger partial charge in [0.25, 0.3) is 0 Å². The lowest BCUT2D eigenvalue weighted by atomic mass is 10.5. The minimum atomic E-state index is -0.262. The second-order valence-electron chi connectivity index (χ2n) is 4.26. The molecule has 0 bridgehead atoms. The smallest absolute Gasteiger partial charge is 0.244 e. The Morgan fingerprint density at radius 2 is 2.29 bits per heavy atom. The molecular formula is C11H16ClN7OS. The maximum atomic E-state index is 11.2. The number of amides is 1. The van der Waals surface area contributed by atoms with Gasteiger partial charge in [0, 0.05) is 12.7 Å². The van der Waals surface area contributed by atoms with Crippen LogP contribution in [0.5, 0.6) is 0 Å². The van der Waals surface area contributed by atoms with Gasteiger partial charge in [-0.1, -0.05) is 23.4 Å². The molecule has 0 saturated carbocycles. The number of hydrogen-bond donors (Lipinski definition) is 2. The highest BCUT2D eigenvalue weighted by atomic mass is 35.5. The van der Waals surface area contributed by atoms with Crippen molar-refractivity contribution >= 4 is 29.3 Å². The number of carbonyl (C=O) groups excluding carboxylic acids is 1. The molecule has 0 aliphatic carbocycles. The van der Waals surface area contributed by atoms with Gasteiger partial charge in [-0.3, -0.25) is 14.9 Å². The first-order valence-electron chi connectivity index (χ1n) is 6.29. The van der Waals surface area contributed by atoms with Gasteiger partial charge in [0.1, 0.15) is 6.54 Å². The summed E-state index contributed by atoms with van der Waals surface area (Å²) in [5.41, 5.74) is 2.85. The van der Waals surface area contributed by atoms with Crippen LogP contribution in [-0.4, -0.2) is 36.2 Å². The summed E-state index contributed by atoms with van der Waals surface area (Å²) in [6.07, 6.45) is 1.75. The molecule has 0 aliphatic heterocycles. The van der Waals surface area contributed by atoms with Crippen molar-refractivity contribution in [3.8, 4) is 0 Å². The SMILES string of the molecule is CCn1c(Cn2cc(Cl)c(C)n2)nnc1SCC(=O)NN. The van der Waals surface area contributed by atoms with Crippen molar-refractivity contribution in [3.63, 3.8) is 0 Å². The van der Waals surface area contributed by atoms with Gasteiger partial charge in [0.05, 0.1) is 16.5 Å². The Hall–Kier alpha value is -1.58. The second kappa shape index (κ2) is 6.92. The van der Waals surface area contributed by atoms with Crippen LogP contribution >= 0.6 is 23.4 Å². The van der Waals surface area contributed by atoms with Gasteiger partial charge in [0.2, 0.25) is 5.91 Å². The van der Waals surface area contributed by atoms with E-state index in [9.17, 15) is 4.79 Å². The van der Waals surface area contributed by atoms with Gasteiger partial charge in [0.15, 0.2) is 11.0 Å². The number of nitrogens with zero attached hydrogens (tertiary/aromatic N) is 5. The minimum Gasteiger partial charge on any atom is -0.305 e. The van der Waals surface area contributed by atoms with Gasteiger partial charge in [-0.25, -0.2) is 5.84 Å². The molecule has 3 N–H and O–H groups in total. The Morgan fingerprint density at radius 1 is 1.52 bits per heavy atom. The normalized spacial score (nSPS) is 10.9. The average molecular weight is 330 g/mol. The Morgan fingerprint density at radius 3 is 2.86 bits per heavy atom. The van der Waals surface area contributed by atoms with Crippen LogP contribution in [0.4, 0.5) is 0 Å². The first-order valence-corrected chi connectivity index (χ1v) is 7.65. The summed E-state index contributed by atoms with van der Waals surface area (Å²) in [5, 5.41) is 13.8. The van der Waals surface area contributed by atoms with E-state index >= 15 is 0 Å². The lowest BCUT2D eigenvalue weighted by molar-refractivity contribution is -0.118. The van der Waals surface area contributed by atoms with Gasteiger partial charge in [-0.2, -0.15) is 5.10 Å². The number of thioether (sulfide) groups is 1. The molecule has 0 aromatic carbocycles. The summed E-state index contributed by atoms with van der Waals surface area (Å²) in [7, 11) is 0. The highest BCUT2D eigenvalue weighted by Gasteiger charge is 2.14. The van der Waals surface area contributed by atoms with E-state index in [-0.39, 0.29) is 11.7 Å². The molecule has 2 rings (SSSR count). The summed E-state index contributed by atoms with van der Waals surface area (Å²) in [4.78, 5) is 11.2. The fourth-order valence-corrected chi connectivity index (χ4v) is 2.73. The summed E-state index contributed by atoms with van der Waals surface area (Å²) in [5.74, 6) is 5.74. The van der Waals surface area contributed by atoms with Crippen molar-refractivity contribution in [2.24, 2.45) is 5.84 Å². The molecular weight excluding hydrogens is 314 g/mol. The van der Waals surface area contributed by atoms with E-state index < -0.39 is 0 Å². The molecule has 0 atom stereocenters. The van der Waals surface area contributed by atoms with E-state index in [2.05, 4.69) is 20.7 Å². The van der Waals surface area contributed by atoms with Crippen LogP contribution < -0.4 is 11.3 Å². The zero-order chi connectivity index (χ0) is 15.4. The maximum Gasteiger partial charge on any atom is 0.244 e. The molecule has 0 aliphatic rings. The average Bonchev–Trinajstić information content (AvgIpc) is 2.99. The summed E-state index contributed by atoms with van der Waals surface area (Å²) in [6, 6.07) is 0. The predicted molar refractivity (Wildman–Crippen MR) is 79.8 cm³/mol. The number of rotatable bonds is 6. The molecule has 114 valence electrons. The Labute approximate surface area is 131 Å². The molecule has 0 radical (unpaired) electrons. The van der Waals surface area contributed by atoms with Crippen LogP contribution in [0.3, 0.4) is 0 Å². The fourth-order valence-electron chi connectivity index (χ4n) is 1.75. The molecule has 8 nitrogen and oxygen atoms in total. The number of nitrogens with two attached hydrogens (primary N) is 1. The molecule has 10 heteroatoms. The topological polar surface area (TPSA) is 104 Å². The number of halogens is 1. The molecule has 2 heterocycles. The highest BCUT2D eigenvalue weighted by molar-refractivity contribution is 7.99. The third-order valence-electron chi connectivity index (χ3n) is 2.79. The molecule has 2 aromatic rings. The van der Waals surface area contributed by atoms with E-state index in [0.29, 0.717) is 23.3 Å². The standard InChI is InChI=1S/C11H16ClN7OS/c1-3-19-9(5-18-4-8(12)7(2)17-18)15-16-11(19)21-6-10(20)14-13/h4H,3,5-6,13H2,1-2H3,(H,14,20). The monoisotopic (exact) mass is 329 g/mol. The second-order valence-corrected chi connectivity index (χ2v) is 5.61. The van der Waals surface area contributed by atoms with Gasteiger partial charge in [-0.05, 0) is 13.8 Å². The van der Waals surface area contributed by atoms with Crippen LogP contribution in [0.15, 0.2) is 11.4 Å². The van der Waals surface area contributed by atoms with Crippen molar-refractivity contribution < 1.29 is 4.79 Å². The van der Waals surface area contributed by atoms with Crippen LogP contribution in [-0.2, 0) is 17.9 Å². The third-order valence-corrected chi connectivity index (χ3v) is 4.13.